The van der Waals surface area contributed by atoms with Crippen molar-refractivity contribution >= 4 is 17.5 Å². The summed E-state index contributed by atoms with van der Waals surface area (Å²) in [4.78, 5) is 50.4. The number of halogens is 3. The normalized spacial score (nSPS) is 38.2. The van der Waals surface area contributed by atoms with Gasteiger partial charge in [-0.15, -0.1) is 0 Å². The average molecular weight is 645 g/mol. The van der Waals surface area contributed by atoms with Gasteiger partial charge in [0.2, 0.25) is 5.91 Å². The lowest BCUT2D eigenvalue weighted by Gasteiger charge is -2.63. The molecule has 0 aliphatic heterocycles. The van der Waals surface area contributed by atoms with Crippen LogP contribution in [0.5, 0.6) is 0 Å². The number of hydrogen-bond acceptors (Lipinski definition) is 6. The molecule has 2 aromatic rings. The first kappa shape index (κ1) is 31.7. The number of imidazole rings is 1. The fourth-order valence-corrected chi connectivity index (χ4v) is 10.7. The van der Waals surface area contributed by atoms with Gasteiger partial charge >= 0.3 is 6.18 Å². The number of allylic oxidation sites excluding steroid dienone is 4. The highest BCUT2D eigenvalue weighted by molar-refractivity contribution is 6.02. The molecule has 10 heteroatoms. The Balaban J connectivity index is 1.26. The number of rotatable bonds is 2. The Labute approximate surface area is 272 Å². The van der Waals surface area contributed by atoms with Crippen molar-refractivity contribution < 1.29 is 27.6 Å². The maximum absolute atomic E-state index is 14.6. The molecule has 0 spiro atoms. The van der Waals surface area contributed by atoms with Crippen LogP contribution in [0.25, 0.3) is 11.4 Å². The molecule has 0 aromatic carbocycles. The number of Topliss-reactive ketones (excluding diaryl/α,β-unsaturated/α-hetero) is 1. The molecule has 7 nitrogen and oxygen atoms in total. The summed E-state index contributed by atoms with van der Waals surface area (Å²) in [5.74, 6) is -0.750. The maximum atomic E-state index is 14.6. The first-order valence-electron chi connectivity index (χ1n) is 16.7. The van der Waals surface area contributed by atoms with Crippen LogP contribution >= 0.6 is 0 Å². The molecule has 0 radical (unpaired) electrons. The standard InChI is InChI=1S/C37H39F3N4O3/c1-20-5-10-36(33(47)44-18-28(43-19-44)27-14-23(8-12-42-27)37(38,39)40)11-7-25-31(26(36)13-20)29(45)15-30-34(25,3)9-6-24-21(2)32(46)22(17-41)16-35(24,30)4/h8,12,14-16,18-21,24-26,31H,5-7,9-11,13H2,1-4H3. The van der Waals surface area contributed by atoms with Crippen molar-refractivity contribution in [2.75, 3.05) is 0 Å². The van der Waals surface area contributed by atoms with E-state index in [1.165, 1.54) is 17.1 Å². The van der Waals surface area contributed by atoms with Crippen LogP contribution in [0.1, 0.15) is 83.0 Å². The van der Waals surface area contributed by atoms with E-state index in [0.29, 0.717) is 25.2 Å². The molecule has 0 saturated heterocycles. The van der Waals surface area contributed by atoms with Gasteiger partial charge in [0.1, 0.15) is 18.1 Å². The Bertz CT molecular complexity index is 1800. The number of aromatic nitrogens is 3. The van der Waals surface area contributed by atoms with Crippen molar-refractivity contribution in [3.8, 4) is 17.5 Å². The van der Waals surface area contributed by atoms with Crippen LogP contribution in [0.4, 0.5) is 13.2 Å². The predicted octanol–water partition coefficient (Wildman–Crippen LogP) is 7.65. The van der Waals surface area contributed by atoms with Gasteiger partial charge in [-0.1, -0.05) is 39.3 Å². The van der Waals surface area contributed by atoms with Crippen LogP contribution in [-0.2, 0) is 15.8 Å². The summed E-state index contributed by atoms with van der Waals surface area (Å²) < 4.78 is 41.5. The smallest absolute Gasteiger partial charge is 0.295 e. The summed E-state index contributed by atoms with van der Waals surface area (Å²) in [5, 5.41) is 9.81. The zero-order valence-electron chi connectivity index (χ0n) is 27.1. The third-order valence-corrected chi connectivity index (χ3v) is 13.0. The average Bonchev–Trinajstić information content (AvgIpc) is 3.53. The molecule has 5 aliphatic rings. The minimum Gasteiger partial charge on any atom is -0.295 e. The Morgan fingerprint density at radius 1 is 1.02 bits per heavy atom. The van der Waals surface area contributed by atoms with Gasteiger partial charge in [0.05, 0.1) is 22.2 Å². The van der Waals surface area contributed by atoms with Crippen molar-refractivity contribution in [2.24, 2.45) is 51.8 Å². The van der Waals surface area contributed by atoms with Crippen LogP contribution in [0, 0.1) is 63.1 Å². The molecule has 5 aliphatic carbocycles. The summed E-state index contributed by atoms with van der Waals surface area (Å²) in [6.07, 6.45) is 8.17. The molecule has 3 fully saturated rings. The third kappa shape index (κ3) is 4.55. The number of alkyl halides is 3. The van der Waals surface area contributed by atoms with E-state index in [2.05, 4.69) is 36.8 Å². The first-order chi connectivity index (χ1) is 22.1. The molecule has 0 amide bonds. The summed E-state index contributed by atoms with van der Waals surface area (Å²) >= 11 is 0. The van der Waals surface area contributed by atoms with Crippen molar-refractivity contribution in [3.05, 3.63) is 59.7 Å². The van der Waals surface area contributed by atoms with E-state index >= 15 is 0 Å². The Kier molecular flexibility index (Phi) is 7.13. The molecule has 47 heavy (non-hydrogen) atoms. The molecule has 9 atom stereocenters. The number of carbonyl (C=O) groups is 3. The summed E-state index contributed by atoms with van der Waals surface area (Å²) in [6.45, 7) is 8.41. The first-order valence-corrected chi connectivity index (χ1v) is 16.7. The molecule has 0 N–H and O–H groups in total. The monoisotopic (exact) mass is 644 g/mol. The van der Waals surface area contributed by atoms with E-state index in [4.69, 9.17) is 0 Å². The van der Waals surface area contributed by atoms with Crippen LogP contribution in [0.3, 0.4) is 0 Å². The second kappa shape index (κ2) is 10.6. The lowest BCUT2D eigenvalue weighted by molar-refractivity contribution is -0.139. The zero-order chi connectivity index (χ0) is 33.7. The van der Waals surface area contributed by atoms with E-state index < -0.39 is 22.6 Å². The molecule has 2 aromatic heterocycles. The fourth-order valence-electron chi connectivity index (χ4n) is 10.7. The van der Waals surface area contributed by atoms with Crippen LogP contribution in [0.2, 0.25) is 0 Å². The number of ketones is 2. The molecule has 7 rings (SSSR count). The molecule has 3 saturated carbocycles. The van der Waals surface area contributed by atoms with Gasteiger partial charge in [0, 0.05) is 29.6 Å². The second-order valence-corrected chi connectivity index (χ2v) is 15.3. The predicted molar refractivity (Wildman–Crippen MR) is 166 cm³/mol. The number of nitriles is 1. The van der Waals surface area contributed by atoms with Crippen LogP contribution in [-0.4, -0.2) is 32.0 Å². The van der Waals surface area contributed by atoms with Gasteiger partial charge in [0.25, 0.3) is 0 Å². The van der Waals surface area contributed by atoms with E-state index in [1.54, 1.807) is 0 Å². The highest BCUT2D eigenvalue weighted by Crippen LogP contribution is 2.69. The van der Waals surface area contributed by atoms with Gasteiger partial charge in [-0.3, -0.25) is 23.9 Å². The largest absolute Gasteiger partial charge is 0.416 e. The van der Waals surface area contributed by atoms with Gasteiger partial charge in [0.15, 0.2) is 11.6 Å². The molecule has 246 valence electrons. The lowest BCUT2D eigenvalue weighted by Crippen LogP contribution is -2.60. The Morgan fingerprint density at radius 2 is 1.74 bits per heavy atom. The minimum absolute atomic E-state index is 0.0106. The minimum atomic E-state index is -4.53. The van der Waals surface area contributed by atoms with E-state index in [1.807, 2.05) is 19.1 Å². The summed E-state index contributed by atoms with van der Waals surface area (Å²) in [5.41, 5.74) is -1.14. The molecular formula is C37H39F3N4O3. The number of carbonyl (C=O) groups excluding carboxylic acids is 3. The maximum Gasteiger partial charge on any atom is 0.416 e. The number of fused-ring (bicyclic) bond motifs is 7. The number of pyridine rings is 1. The molecular weight excluding hydrogens is 605 g/mol. The highest BCUT2D eigenvalue weighted by Gasteiger charge is 2.65. The van der Waals surface area contributed by atoms with Gasteiger partial charge in [-0.25, -0.2) is 4.98 Å². The second-order valence-electron chi connectivity index (χ2n) is 15.3. The number of hydrogen-bond donors (Lipinski definition) is 0. The van der Waals surface area contributed by atoms with E-state index in [-0.39, 0.29) is 69.4 Å². The molecule has 0 bridgehead atoms. The zero-order valence-corrected chi connectivity index (χ0v) is 27.1. The van der Waals surface area contributed by atoms with Crippen LogP contribution in [0.15, 0.2) is 54.2 Å². The Hall–Kier alpha value is -3.87. The Morgan fingerprint density at radius 3 is 2.47 bits per heavy atom. The van der Waals surface area contributed by atoms with E-state index in [0.717, 1.165) is 49.6 Å². The fraction of sp³-hybridized carbons (Fsp3) is 0.568. The quantitative estimate of drug-likeness (QED) is 0.333. The van der Waals surface area contributed by atoms with Gasteiger partial charge in [-0.2, -0.15) is 18.4 Å². The number of nitrogens with zero attached hydrogens (tertiary/aromatic N) is 4. The van der Waals surface area contributed by atoms with Gasteiger partial charge < -0.3 is 0 Å². The SMILES string of the molecule is CC1CCC2(C(=O)n3cnc(-c4cc(C(F)(F)F)ccn4)c3)CCC3C(C(=O)C=C4C5(C)C=C(C#N)C(=O)C(C)C5CCC43C)C2C1. The van der Waals surface area contributed by atoms with Crippen molar-refractivity contribution in [1.29, 1.82) is 5.26 Å². The van der Waals surface area contributed by atoms with Crippen LogP contribution < -0.4 is 0 Å². The van der Waals surface area contributed by atoms with Crippen molar-refractivity contribution in [3.63, 3.8) is 0 Å². The summed E-state index contributed by atoms with van der Waals surface area (Å²) in [6, 6.07) is 3.95. The van der Waals surface area contributed by atoms with E-state index in [9.17, 15) is 32.8 Å². The van der Waals surface area contributed by atoms with Gasteiger partial charge in [-0.05, 0) is 92.2 Å². The lowest BCUT2D eigenvalue weighted by atomic mass is 9.40. The highest BCUT2D eigenvalue weighted by atomic mass is 19.4. The third-order valence-electron chi connectivity index (χ3n) is 13.0. The van der Waals surface area contributed by atoms with Crippen molar-refractivity contribution in [2.45, 2.75) is 78.8 Å². The molecule has 2 heterocycles. The molecule has 9 unspecified atom stereocenters. The topological polar surface area (TPSA) is 106 Å². The van der Waals surface area contributed by atoms with Crippen molar-refractivity contribution in [1.82, 2.24) is 14.5 Å². The summed E-state index contributed by atoms with van der Waals surface area (Å²) in [7, 11) is 0.